The van der Waals surface area contributed by atoms with E-state index >= 15 is 0 Å². The molecule has 1 aromatic carbocycles. The van der Waals surface area contributed by atoms with Gasteiger partial charge in [-0.1, -0.05) is 18.2 Å². The van der Waals surface area contributed by atoms with E-state index in [4.69, 9.17) is 14.6 Å². The Labute approximate surface area is 187 Å². The second-order valence-corrected chi connectivity index (χ2v) is 9.01. The number of cyclic esters (lactones) is 1. The number of rotatable bonds is 4. The molecule has 32 heavy (non-hydrogen) atoms. The molecule has 0 saturated carbocycles. The van der Waals surface area contributed by atoms with E-state index in [2.05, 4.69) is 11.0 Å². The average molecular weight is 442 g/mol. The van der Waals surface area contributed by atoms with Crippen molar-refractivity contribution in [2.24, 2.45) is 5.41 Å². The summed E-state index contributed by atoms with van der Waals surface area (Å²) >= 11 is 0. The number of fused-ring (bicyclic) bond motifs is 1. The van der Waals surface area contributed by atoms with Gasteiger partial charge in [-0.15, -0.1) is 0 Å². The van der Waals surface area contributed by atoms with Crippen molar-refractivity contribution in [2.75, 3.05) is 32.7 Å². The van der Waals surface area contributed by atoms with Gasteiger partial charge in [-0.25, -0.2) is 0 Å². The molecule has 1 spiro atoms. The normalized spacial score (nSPS) is 22.6. The number of carbonyl (C=O) groups excluding carboxylic acids is 2. The molecule has 1 aromatic heterocycles. The third kappa shape index (κ3) is 4.65. The zero-order valence-electron chi connectivity index (χ0n) is 18.3. The number of hydrogen-bond acceptors (Lipinski definition) is 5. The summed E-state index contributed by atoms with van der Waals surface area (Å²) in [7, 11) is 0. The summed E-state index contributed by atoms with van der Waals surface area (Å²) in [6.07, 6.45) is 6.76. The van der Waals surface area contributed by atoms with E-state index in [0.717, 1.165) is 49.8 Å². The minimum absolute atomic E-state index is 0.0223. The summed E-state index contributed by atoms with van der Waals surface area (Å²) in [5.41, 5.74) is 0.708. The SMILES string of the molecule is O=C(Cn1ccc2ccccc21)N1CCC2(CC1)CC(CN1CCCC1)OC2=O.O=CO. The zero-order chi connectivity index (χ0) is 22.6. The van der Waals surface area contributed by atoms with Crippen LogP contribution in [0.15, 0.2) is 36.5 Å². The van der Waals surface area contributed by atoms with Crippen LogP contribution in [0, 0.1) is 5.41 Å². The van der Waals surface area contributed by atoms with E-state index in [9.17, 15) is 9.59 Å². The maximum Gasteiger partial charge on any atom is 0.312 e. The van der Waals surface area contributed by atoms with Crippen LogP contribution in [0.4, 0.5) is 0 Å². The molecule has 1 N–H and O–H groups in total. The summed E-state index contributed by atoms with van der Waals surface area (Å²) in [4.78, 5) is 38.2. The average Bonchev–Trinajstić information content (AvgIpc) is 3.51. The molecule has 0 bridgehead atoms. The first kappa shape index (κ1) is 22.3. The van der Waals surface area contributed by atoms with E-state index in [1.165, 1.54) is 12.8 Å². The van der Waals surface area contributed by atoms with Crippen molar-refractivity contribution in [2.45, 2.75) is 44.8 Å². The van der Waals surface area contributed by atoms with Gasteiger partial charge in [-0.05, 0) is 56.3 Å². The van der Waals surface area contributed by atoms with Gasteiger partial charge in [-0.3, -0.25) is 19.3 Å². The second-order valence-electron chi connectivity index (χ2n) is 9.01. The van der Waals surface area contributed by atoms with Gasteiger partial charge in [0.15, 0.2) is 0 Å². The standard InChI is InChI=1S/C23H29N3O3.CH2O2/c27-21(17-26-12-7-18-5-1-2-6-20(18)26)25-13-8-23(9-14-25)15-19(29-22(23)28)16-24-10-3-4-11-24;2-1-3/h1-2,5-7,12,19H,3-4,8-11,13-17H2;1H,(H,2,3). The number of aromatic nitrogens is 1. The molecule has 8 nitrogen and oxygen atoms in total. The topological polar surface area (TPSA) is 92.1 Å². The fourth-order valence-corrected chi connectivity index (χ4v) is 5.31. The molecule has 3 fully saturated rings. The molecule has 5 rings (SSSR count). The first-order chi connectivity index (χ1) is 15.5. The smallest absolute Gasteiger partial charge is 0.312 e. The number of piperidine rings is 1. The molecule has 1 unspecified atom stereocenters. The van der Waals surface area contributed by atoms with Crippen molar-refractivity contribution >= 4 is 29.3 Å². The number of likely N-dealkylation sites (tertiary alicyclic amines) is 2. The number of para-hydroxylation sites is 1. The Morgan fingerprint density at radius 2 is 1.81 bits per heavy atom. The number of nitrogens with zero attached hydrogens (tertiary/aromatic N) is 3. The first-order valence-electron chi connectivity index (χ1n) is 11.4. The maximum atomic E-state index is 12.9. The molecule has 8 heteroatoms. The highest BCUT2D eigenvalue weighted by atomic mass is 16.6. The fraction of sp³-hybridized carbons (Fsp3) is 0.542. The highest BCUT2D eigenvalue weighted by Crippen LogP contribution is 2.43. The van der Waals surface area contributed by atoms with Crippen LogP contribution in [0.5, 0.6) is 0 Å². The second kappa shape index (κ2) is 9.73. The minimum Gasteiger partial charge on any atom is -0.483 e. The van der Waals surface area contributed by atoms with Crippen LogP contribution in [-0.4, -0.2) is 76.6 Å². The van der Waals surface area contributed by atoms with Crippen molar-refractivity contribution in [3.05, 3.63) is 36.5 Å². The molecule has 3 aliphatic heterocycles. The molecule has 0 radical (unpaired) electrons. The lowest BCUT2D eigenvalue weighted by molar-refractivity contribution is -0.153. The van der Waals surface area contributed by atoms with Crippen molar-refractivity contribution in [3.63, 3.8) is 0 Å². The van der Waals surface area contributed by atoms with Crippen LogP contribution in [0.2, 0.25) is 0 Å². The van der Waals surface area contributed by atoms with Gasteiger partial charge in [0.2, 0.25) is 5.91 Å². The third-order valence-electron chi connectivity index (χ3n) is 7.04. The molecular formula is C24H31N3O5. The summed E-state index contributed by atoms with van der Waals surface area (Å²) in [6, 6.07) is 10.2. The van der Waals surface area contributed by atoms with Gasteiger partial charge in [0.05, 0.1) is 5.41 Å². The van der Waals surface area contributed by atoms with E-state index in [1.54, 1.807) is 0 Å². The monoisotopic (exact) mass is 441 g/mol. The Balaban J connectivity index is 0.000000775. The number of benzene rings is 1. The zero-order valence-corrected chi connectivity index (χ0v) is 18.3. The lowest BCUT2D eigenvalue weighted by Gasteiger charge is -2.36. The van der Waals surface area contributed by atoms with E-state index in [-0.39, 0.29) is 29.9 Å². The van der Waals surface area contributed by atoms with Gasteiger partial charge < -0.3 is 19.3 Å². The summed E-state index contributed by atoms with van der Waals surface area (Å²) in [6.45, 7) is 4.50. The Bertz CT molecular complexity index is 957. The summed E-state index contributed by atoms with van der Waals surface area (Å²) in [5.74, 6) is 0.0892. The molecule has 1 atom stereocenters. The summed E-state index contributed by atoms with van der Waals surface area (Å²) in [5, 5.41) is 8.04. The van der Waals surface area contributed by atoms with Crippen LogP contribution in [-0.2, 0) is 25.7 Å². The number of esters is 1. The fourth-order valence-electron chi connectivity index (χ4n) is 5.31. The van der Waals surface area contributed by atoms with Crippen molar-refractivity contribution in [1.82, 2.24) is 14.4 Å². The third-order valence-corrected chi connectivity index (χ3v) is 7.04. The quantitative estimate of drug-likeness (QED) is 0.579. The lowest BCUT2D eigenvalue weighted by atomic mass is 9.76. The largest absolute Gasteiger partial charge is 0.483 e. The van der Waals surface area contributed by atoms with Crippen molar-refractivity contribution in [1.29, 1.82) is 0 Å². The highest BCUT2D eigenvalue weighted by molar-refractivity contribution is 5.84. The number of carboxylic acid groups (broad SMARTS) is 1. The predicted molar refractivity (Wildman–Crippen MR) is 119 cm³/mol. The van der Waals surface area contributed by atoms with Crippen LogP contribution in [0.3, 0.4) is 0 Å². The number of carbonyl (C=O) groups is 3. The number of hydrogen-bond donors (Lipinski definition) is 1. The van der Waals surface area contributed by atoms with E-state index in [1.807, 2.05) is 39.9 Å². The van der Waals surface area contributed by atoms with E-state index < -0.39 is 0 Å². The predicted octanol–water partition coefficient (Wildman–Crippen LogP) is 2.36. The molecule has 3 aliphatic rings. The molecule has 0 aliphatic carbocycles. The Hall–Kier alpha value is -2.87. The molecule has 172 valence electrons. The molecule has 1 amide bonds. The molecule has 4 heterocycles. The lowest BCUT2D eigenvalue weighted by Crippen LogP contribution is -2.46. The van der Waals surface area contributed by atoms with Crippen molar-refractivity contribution in [3.8, 4) is 0 Å². The van der Waals surface area contributed by atoms with Crippen LogP contribution in [0.1, 0.15) is 32.1 Å². The minimum atomic E-state index is -0.374. The Kier molecular flexibility index (Phi) is 6.79. The Morgan fingerprint density at radius 1 is 1.12 bits per heavy atom. The highest BCUT2D eigenvalue weighted by Gasteiger charge is 2.51. The van der Waals surface area contributed by atoms with Gasteiger partial charge in [-0.2, -0.15) is 0 Å². The molecular weight excluding hydrogens is 410 g/mol. The van der Waals surface area contributed by atoms with Crippen LogP contribution < -0.4 is 0 Å². The molecule has 3 saturated heterocycles. The number of amides is 1. The van der Waals surface area contributed by atoms with Gasteiger partial charge in [0.1, 0.15) is 12.6 Å². The van der Waals surface area contributed by atoms with Crippen LogP contribution in [0.25, 0.3) is 10.9 Å². The Morgan fingerprint density at radius 3 is 2.53 bits per heavy atom. The number of ether oxygens (including phenoxy) is 1. The maximum absolute atomic E-state index is 12.9. The first-order valence-corrected chi connectivity index (χ1v) is 11.4. The summed E-state index contributed by atoms with van der Waals surface area (Å²) < 4.78 is 7.77. The van der Waals surface area contributed by atoms with Gasteiger partial charge >= 0.3 is 5.97 Å². The van der Waals surface area contributed by atoms with Gasteiger partial charge in [0.25, 0.3) is 6.47 Å². The van der Waals surface area contributed by atoms with Gasteiger partial charge in [0, 0.05) is 37.8 Å². The molecule has 2 aromatic rings. The van der Waals surface area contributed by atoms with Crippen molar-refractivity contribution < 1.29 is 24.2 Å². The van der Waals surface area contributed by atoms with E-state index in [0.29, 0.717) is 19.6 Å². The van der Waals surface area contributed by atoms with Crippen LogP contribution >= 0.6 is 0 Å².